The molecule has 1 aromatic rings. The number of piperidine rings is 1. The molecule has 0 amide bonds. The number of hydrogen-bond donors (Lipinski definition) is 1. The third-order valence-corrected chi connectivity index (χ3v) is 5.64. The van der Waals surface area contributed by atoms with Crippen molar-refractivity contribution in [1.29, 1.82) is 0 Å². The van der Waals surface area contributed by atoms with Crippen molar-refractivity contribution in [1.82, 2.24) is 4.90 Å². The number of hydrogen-bond acceptors (Lipinski definition) is 4. The van der Waals surface area contributed by atoms with Gasteiger partial charge in [0.2, 0.25) is 0 Å². The first-order valence-electron chi connectivity index (χ1n) is 7.43. The summed E-state index contributed by atoms with van der Waals surface area (Å²) in [5.74, 6) is 0.968. The lowest BCUT2D eigenvalue weighted by Gasteiger charge is -2.40. The van der Waals surface area contributed by atoms with E-state index in [4.69, 9.17) is 10.5 Å². The van der Waals surface area contributed by atoms with Crippen LogP contribution in [0.3, 0.4) is 0 Å². The summed E-state index contributed by atoms with van der Waals surface area (Å²) in [6.07, 6.45) is 5.70. The van der Waals surface area contributed by atoms with Crippen molar-refractivity contribution >= 4 is 11.8 Å². The Bertz CT molecular complexity index is 371. The molecule has 112 valence electrons. The average molecular weight is 294 g/mol. The molecule has 2 N–H and O–H groups in total. The van der Waals surface area contributed by atoms with E-state index in [0.29, 0.717) is 4.75 Å². The van der Waals surface area contributed by atoms with Crippen LogP contribution in [0, 0.1) is 0 Å². The molecule has 0 aromatic heterocycles. The largest absolute Gasteiger partial charge is 0.494 e. The quantitative estimate of drug-likeness (QED) is 0.785. The summed E-state index contributed by atoms with van der Waals surface area (Å²) < 4.78 is 6.06. The van der Waals surface area contributed by atoms with Crippen LogP contribution in [0.25, 0.3) is 0 Å². The first-order valence-corrected chi connectivity index (χ1v) is 8.66. The molecule has 20 heavy (non-hydrogen) atoms. The molecule has 1 aliphatic rings. The molecular formula is C16H26N2OS. The molecule has 1 heterocycles. The smallest absolute Gasteiger partial charge is 0.119 e. The number of likely N-dealkylation sites (tertiary alicyclic amines) is 1. The van der Waals surface area contributed by atoms with Gasteiger partial charge in [-0.15, -0.1) is 0 Å². The zero-order chi connectivity index (χ0) is 14.3. The van der Waals surface area contributed by atoms with Crippen molar-refractivity contribution in [3.8, 4) is 5.75 Å². The first-order chi connectivity index (χ1) is 9.78. The lowest BCUT2D eigenvalue weighted by Crippen LogP contribution is -2.46. The number of ether oxygens (including phenoxy) is 1. The number of nitrogens with two attached hydrogens (primary N) is 1. The highest BCUT2D eigenvalue weighted by Crippen LogP contribution is 2.33. The van der Waals surface area contributed by atoms with E-state index in [1.807, 2.05) is 42.1 Å². The van der Waals surface area contributed by atoms with E-state index in [1.165, 1.54) is 25.9 Å². The second kappa shape index (κ2) is 7.91. The van der Waals surface area contributed by atoms with Gasteiger partial charge in [-0.3, -0.25) is 0 Å². The van der Waals surface area contributed by atoms with Crippen molar-refractivity contribution < 1.29 is 4.74 Å². The molecule has 0 saturated carbocycles. The number of benzene rings is 1. The average Bonchev–Trinajstić information content (AvgIpc) is 2.53. The molecule has 1 aliphatic heterocycles. The van der Waals surface area contributed by atoms with Gasteiger partial charge < -0.3 is 15.4 Å². The van der Waals surface area contributed by atoms with Crippen LogP contribution < -0.4 is 10.5 Å². The van der Waals surface area contributed by atoms with Gasteiger partial charge in [0.25, 0.3) is 0 Å². The van der Waals surface area contributed by atoms with Crippen LogP contribution in [0.5, 0.6) is 5.75 Å². The Morgan fingerprint density at radius 1 is 1.25 bits per heavy atom. The van der Waals surface area contributed by atoms with Crippen molar-refractivity contribution in [3.63, 3.8) is 0 Å². The van der Waals surface area contributed by atoms with E-state index in [2.05, 4.69) is 11.2 Å². The third kappa shape index (κ3) is 4.40. The second-order valence-corrected chi connectivity index (χ2v) is 6.72. The standard InChI is InChI=1S/C16H26N2OS/c1-20-16(14-17)8-11-18(12-9-16)10-5-13-19-15-6-3-2-4-7-15/h2-4,6-7H,5,8-14,17H2,1H3. The maximum Gasteiger partial charge on any atom is 0.119 e. The molecule has 0 aliphatic carbocycles. The molecule has 0 unspecified atom stereocenters. The summed E-state index contributed by atoms with van der Waals surface area (Å²) in [5, 5.41) is 0. The summed E-state index contributed by atoms with van der Waals surface area (Å²) >= 11 is 1.94. The summed E-state index contributed by atoms with van der Waals surface area (Å²) in [5.41, 5.74) is 5.92. The fraction of sp³-hybridized carbons (Fsp3) is 0.625. The Kier molecular flexibility index (Phi) is 6.20. The summed E-state index contributed by atoms with van der Waals surface area (Å²) in [6, 6.07) is 10.0. The van der Waals surface area contributed by atoms with Gasteiger partial charge in [-0.2, -0.15) is 11.8 Å². The Hall–Kier alpha value is -0.710. The number of rotatable bonds is 7. The van der Waals surface area contributed by atoms with Crippen LogP contribution in [0.4, 0.5) is 0 Å². The highest BCUT2D eigenvalue weighted by Gasteiger charge is 2.32. The fourth-order valence-corrected chi connectivity index (χ4v) is 3.43. The minimum Gasteiger partial charge on any atom is -0.494 e. The van der Waals surface area contributed by atoms with Crippen molar-refractivity contribution in [2.75, 3.05) is 39.0 Å². The molecule has 3 nitrogen and oxygen atoms in total. The lowest BCUT2D eigenvalue weighted by molar-refractivity contribution is 0.185. The van der Waals surface area contributed by atoms with E-state index in [0.717, 1.165) is 31.9 Å². The molecule has 2 rings (SSSR count). The zero-order valence-corrected chi connectivity index (χ0v) is 13.2. The lowest BCUT2D eigenvalue weighted by atomic mass is 9.96. The van der Waals surface area contributed by atoms with E-state index in [-0.39, 0.29) is 0 Å². The first kappa shape index (κ1) is 15.7. The van der Waals surface area contributed by atoms with E-state index in [1.54, 1.807) is 0 Å². The van der Waals surface area contributed by atoms with Crippen molar-refractivity contribution in [2.45, 2.75) is 24.0 Å². The Balaban J connectivity index is 1.62. The van der Waals surface area contributed by atoms with Crippen molar-refractivity contribution in [2.24, 2.45) is 5.73 Å². The topological polar surface area (TPSA) is 38.5 Å². The SMILES string of the molecule is CSC1(CN)CCN(CCCOc2ccccc2)CC1. The van der Waals surface area contributed by atoms with Gasteiger partial charge in [0, 0.05) is 17.8 Å². The molecule has 0 atom stereocenters. The molecular weight excluding hydrogens is 268 g/mol. The van der Waals surface area contributed by atoms with Crippen molar-refractivity contribution in [3.05, 3.63) is 30.3 Å². The monoisotopic (exact) mass is 294 g/mol. The van der Waals surface area contributed by atoms with Crippen LogP contribution in [0.1, 0.15) is 19.3 Å². The summed E-state index contributed by atoms with van der Waals surface area (Å²) in [7, 11) is 0. The van der Waals surface area contributed by atoms with E-state index >= 15 is 0 Å². The van der Waals surface area contributed by atoms with Crippen LogP contribution >= 0.6 is 11.8 Å². The van der Waals surface area contributed by atoms with Crippen LogP contribution in [0.15, 0.2) is 30.3 Å². The van der Waals surface area contributed by atoms with E-state index in [9.17, 15) is 0 Å². The molecule has 1 saturated heterocycles. The second-order valence-electron chi connectivity index (χ2n) is 5.45. The molecule has 1 aromatic carbocycles. The number of para-hydroxylation sites is 1. The number of nitrogens with zero attached hydrogens (tertiary/aromatic N) is 1. The van der Waals surface area contributed by atoms with Gasteiger partial charge in [0.05, 0.1) is 6.61 Å². The van der Waals surface area contributed by atoms with Gasteiger partial charge in [0.1, 0.15) is 5.75 Å². The summed E-state index contributed by atoms with van der Waals surface area (Å²) in [6.45, 7) is 5.07. The minimum atomic E-state index is 0.330. The van der Waals surface area contributed by atoms with Gasteiger partial charge in [-0.1, -0.05) is 18.2 Å². The van der Waals surface area contributed by atoms with Crippen LogP contribution in [-0.4, -0.2) is 48.7 Å². The van der Waals surface area contributed by atoms with E-state index < -0.39 is 0 Å². The van der Waals surface area contributed by atoms with Gasteiger partial charge in [-0.25, -0.2) is 0 Å². The predicted octanol–water partition coefficient (Wildman–Crippen LogP) is 2.61. The Morgan fingerprint density at radius 3 is 2.55 bits per heavy atom. The van der Waals surface area contributed by atoms with Gasteiger partial charge in [0.15, 0.2) is 0 Å². The molecule has 1 fully saturated rings. The normalized spacial score (nSPS) is 18.9. The minimum absolute atomic E-state index is 0.330. The highest BCUT2D eigenvalue weighted by molar-refractivity contribution is 8.00. The number of thioether (sulfide) groups is 1. The van der Waals surface area contributed by atoms with Crippen LogP contribution in [-0.2, 0) is 0 Å². The molecule has 0 bridgehead atoms. The maximum absolute atomic E-state index is 5.92. The van der Waals surface area contributed by atoms with Crippen LogP contribution in [0.2, 0.25) is 0 Å². The fourth-order valence-electron chi connectivity index (χ4n) is 2.67. The van der Waals surface area contributed by atoms with Gasteiger partial charge >= 0.3 is 0 Å². The molecule has 0 spiro atoms. The van der Waals surface area contributed by atoms with Gasteiger partial charge in [-0.05, 0) is 50.7 Å². The Morgan fingerprint density at radius 2 is 1.95 bits per heavy atom. The predicted molar refractivity (Wildman–Crippen MR) is 87.5 cm³/mol. The highest BCUT2D eigenvalue weighted by atomic mass is 32.2. The maximum atomic E-state index is 5.92. The Labute approximate surface area is 126 Å². The molecule has 4 heteroatoms. The molecule has 0 radical (unpaired) electrons. The summed E-state index contributed by atoms with van der Waals surface area (Å²) in [4.78, 5) is 2.54. The third-order valence-electron chi connectivity index (χ3n) is 4.20. The zero-order valence-electron chi connectivity index (χ0n) is 12.4.